The van der Waals surface area contributed by atoms with E-state index in [-0.39, 0.29) is 31.3 Å². The maximum atomic E-state index is 9.76. The monoisotopic (exact) mass is 290 g/mol. The lowest BCUT2D eigenvalue weighted by molar-refractivity contribution is -0.0801. The van der Waals surface area contributed by atoms with Crippen LogP contribution in [0.1, 0.15) is 46.5 Å². The smallest absolute Gasteiger partial charge is 0.115 e. The Morgan fingerprint density at radius 2 is 2.47 bits per heavy atom. The van der Waals surface area contributed by atoms with Gasteiger partial charge < -0.3 is 9.84 Å². The quantitative estimate of drug-likeness (QED) is 0.909. The van der Waals surface area contributed by atoms with Gasteiger partial charge in [-0.1, -0.05) is 12.9 Å². The van der Waals surface area contributed by atoms with Crippen molar-refractivity contribution >= 4 is 12.4 Å². The molecule has 0 amide bonds. The molecule has 3 nitrogen and oxygen atoms in total. The molecule has 0 radical (unpaired) electrons. The number of rotatable bonds is 2. The van der Waals surface area contributed by atoms with Crippen molar-refractivity contribution in [1.29, 1.82) is 0 Å². The minimum atomic E-state index is -3.09. The molecular formula is C15H22ClNO2. The van der Waals surface area contributed by atoms with Crippen LogP contribution in [0.5, 0.6) is 5.75 Å². The minimum Gasteiger partial charge on any atom is -0.508 e. The van der Waals surface area contributed by atoms with Gasteiger partial charge in [0, 0.05) is 22.2 Å². The molecule has 1 saturated heterocycles. The van der Waals surface area contributed by atoms with Crippen LogP contribution < -0.4 is 0 Å². The highest BCUT2D eigenvalue weighted by Gasteiger charge is 2.36. The van der Waals surface area contributed by atoms with Gasteiger partial charge in [0.05, 0.1) is 12.7 Å². The predicted molar refractivity (Wildman–Crippen MR) is 78.0 cm³/mol. The van der Waals surface area contributed by atoms with Gasteiger partial charge in [0.25, 0.3) is 0 Å². The molecule has 0 aromatic heterocycles. The third-order valence-electron chi connectivity index (χ3n) is 3.72. The van der Waals surface area contributed by atoms with E-state index < -0.39 is 31.9 Å². The molecule has 1 heterocycles. The van der Waals surface area contributed by atoms with E-state index in [1.165, 1.54) is 4.90 Å². The first-order chi connectivity index (χ1) is 11.5. The highest BCUT2D eigenvalue weighted by Crippen LogP contribution is 2.39. The molecule has 2 atom stereocenters. The van der Waals surface area contributed by atoms with E-state index in [4.69, 9.17) is 14.3 Å². The summed E-state index contributed by atoms with van der Waals surface area (Å²) in [4.78, 5) is 1.29. The van der Waals surface area contributed by atoms with Gasteiger partial charge in [-0.15, -0.1) is 12.4 Å². The summed E-state index contributed by atoms with van der Waals surface area (Å²) in [5.41, 5.74) is 1.76. The first-order valence-electron chi connectivity index (χ1n) is 9.67. The Morgan fingerprint density at radius 3 is 3.32 bits per heavy atom. The maximum absolute atomic E-state index is 9.76. The Morgan fingerprint density at radius 1 is 1.58 bits per heavy atom. The molecule has 0 spiro atoms. The molecule has 106 valence electrons. The van der Waals surface area contributed by atoms with E-state index >= 15 is 0 Å². The van der Waals surface area contributed by atoms with Crippen LogP contribution in [0.3, 0.4) is 0 Å². The Labute approximate surface area is 130 Å². The molecule has 1 aliphatic carbocycles. The number of fused-ring (bicyclic) bond motifs is 3. The van der Waals surface area contributed by atoms with Crippen molar-refractivity contribution in [2.24, 2.45) is 0 Å². The lowest BCUT2D eigenvalue weighted by atomic mass is 9.84. The minimum absolute atomic E-state index is 0. The first kappa shape index (κ1) is 7.87. The third-order valence-corrected chi connectivity index (χ3v) is 3.72. The van der Waals surface area contributed by atoms with Crippen molar-refractivity contribution in [1.82, 2.24) is 4.90 Å². The van der Waals surface area contributed by atoms with E-state index in [1.807, 2.05) is 0 Å². The van der Waals surface area contributed by atoms with E-state index in [9.17, 15) is 5.11 Å². The zero-order valence-electron chi connectivity index (χ0n) is 17.4. The number of phenols is 1. The second-order valence-corrected chi connectivity index (χ2v) is 4.71. The van der Waals surface area contributed by atoms with Crippen LogP contribution in [-0.4, -0.2) is 35.7 Å². The van der Waals surface area contributed by atoms with E-state index in [1.54, 1.807) is 18.2 Å². The molecule has 0 unspecified atom stereocenters. The summed E-state index contributed by atoms with van der Waals surface area (Å²) in [6.07, 6.45) is -2.39. The van der Waals surface area contributed by atoms with Crippen molar-refractivity contribution in [3.63, 3.8) is 0 Å². The van der Waals surface area contributed by atoms with Crippen LogP contribution in [0.25, 0.3) is 0 Å². The highest BCUT2D eigenvalue weighted by atomic mass is 35.5. The fraction of sp³-hybridized carbons (Fsp3) is 0.600. The Balaban J connectivity index is 0.00000243. The summed E-state index contributed by atoms with van der Waals surface area (Å²) in [5.74, 6) is 0.0842. The molecule has 4 heteroatoms. The lowest BCUT2D eigenvalue weighted by Crippen LogP contribution is -2.49. The van der Waals surface area contributed by atoms with Crippen molar-refractivity contribution in [2.75, 3.05) is 19.6 Å². The summed E-state index contributed by atoms with van der Waals surface area (Å²) < 4.78 is 60.4. The van der Waals surface area contributed by atoms with Gasteiger partial charge in [-0.3, -0.25) is 4.90 Å². The summed E-state index contributed by atoms with van der Waals surface area (Å²) in [6.45, 7) is -5.50. The molecular weight excluding hydrogens is 262 g/mol. The van der Waals surface area contributed by atoms with Gasteiger partial charge >= 0.3 is 0 Å². The zero-order valence-corrected chi connectivity index (χ0v) is 11.2. The van der Waals surface area contributed by atoms with Crippen LogP contribution in [0.2, 0.25) is 0 Å². The van der Waals surface area contributed by atoms with Crippen LogP contribution in [-0.2, 0) is 11.2 Å². The molecule has 2 aliphatic rings. The summed E-state index contributed by atoms with van der Waals surface area (Å²) in [7, 11) is 0. The van der Waals surface area contributed by atoms with Gasteiger partial charge in [0.1, 0.15) is 5.75 Å². The Kier molecular flexibility index (Phi) is 2.53. The molecule has 19 heavy (non-hydrogen) atoms. The third kappa shape index (κ3) is 2.73. The molecule has 0 saturated carbocycles. The number of aryl methyl sites for hydroxylation is 1. The van der Waals surface area contributed by atoms with Gasteiger partial charge in [0.15, 0.2) is 0 Å². The Hall–Kier alpha value is -0.770. The standard InChI is InChI=1S/C15H21NO2.ClH/c1-2-7-16-8-9-18-15-13-10-12(17)5-3-11(13)4-6-14(15)16;/h3,5,10,14-15,17H,2,4,6-9H2,1H3;1H/t14-,15-;/m1./s1/i1D3,2D2,7D2;. The molecule has 0 bridgehead atoms. The molecule has 1 aliphatic heterocycles. The van der Waals surface area contributed by atoms with Gasteiger partial charge in [0.2, 0.25) is 0 Å². The highest BCUT2D eigenvalue weighted by molar-refractivity contribution is 5.85. The lowest BCUT2D eigenvalue weighted by Gasteiger charge is -2.44. The van der Waals surface area contributed by atoms with Crippen molar-refractivity contribution < 1.29 is 19.4 Å². The van der Waals surface area contributed by atoms with E-state index in [0.29, 0.717) is 12.8 Å². The number of morpholine rings is 1. The molecule has 1 aromatic carbocycles. The van der Waals surface area contributed by atoms with E-state index in [0.717, 1.165) is 11.1 Å². The largest absolute Gasteiger partial charge is 0.508 e. The molecule has 1 N–H and O–H groups in total. The molecule has 3 rings (SSSR count). The number of hydrogen-bond acceptors (Lipinski definition) is 3. The van der Waals surface area contributed by atoms with Crippen molar-refractivity contribution in [3.05, 3.63) is 29.3 Å². The van der Waals surface area contributed by atoms with Crippen molar-refractivity contribution in [3.8, 4) is 5.75 Å². The number of ether oxygens (including phenoxy) is 1. The summed E-state index contributed by atoms with van der Waals surface area (Å²) >= 11 is 0. The fourth-order valence-corrected chi connectivity index (χ4v) is 2.91. The van der Waals surface area contributed by atoms with E-state index in [2.05, 4.69) is 0 Å². The van der Waals surface area contributed by atoms with Crippen LogP contribution >= 0.6 is 12.4 Å². The van der Waals surface area contributed by atoms with Gasteiger partial charge in [-0.05, 0) is 49.0 Å². The number of hydrogen-bond donors (Lipinski definition) is 1. The van der Waals surface area contributed by atoms with Gasteiger partial charge in [-0.2, -0.15) is 0 Å². The predicted octanol–water partition coefficient (Wildman–Crippen LogP) is 2.91. The van der Waals surface area contributed by atoms with Crippen LogP contribution in [0.15, 0.2) is 18.2 Å². The average molecular weight is 291 g/mol. The zero-order chi connectivity index (χ0) is 18.6. The van der Waals surface area contributed by atoms with Crippen LogP contribution in [0, 0.1) is 0 Å². The van der Waals surface area contributed by atoms with Crippen molar-refractivity contribution in [2.45, 2.75) is 38.2 Å². The number of benzene rings is 1. The number of nitrogens with zero attached hydrogens (tertiary/aromatic N) is 1. The number of halogens is 1. The second kappa shape index (κ2) is 6.12. The topological polar surface area (TPSA) is 32.7 Å². The summed E-state index contributed by atoms with van der Waals surface area (Å²) in [6, 6.07) is 4.49. The number of phenolic OH excluding ortho intramolecular Hbond substituents is 1. The van der Waals surface area contributed by atoms with Crippen LogP contribution in [0.4, 0.5) is 0 Å². The average Bonchev–Trinajstić information content (AvgIpc) is 2.52. The molecule has 1 fully saturated rings. The SMILES string of the molecule is Cl.[2H]C([2H])([2H])C([2H])([2H])C([2H])([2H])N1CCO[C@@H]2c3cc(O)ccc3CC[C@H]21. The molecule has 1 aromatic rings. The second-order valence-electron chi connectivity index (χ2n) is 4.71. The first-order valence-corrected chi connectivity index (χ1v) is 6.17. The maximum Gasteiger partial charge on any atom is 0.115 e. The normalized spacial score (nSPS) is 33.8. The fourth-order valence-electron chi connectivity index (χ4n) is 2.91. The number of aromatic hydroxyl groups is 1. The summed E-state index contributed by atoms with van der Waals surface area (Å²) in [5, 5.41) is 9.76. The van der Waals surface area contributed by atoms with Gasteiger partial charge in [-0.25, -0.2) is 0 Å². The Bertz CT molecular complexity index is 668.